The second-order valence-electron chi connectivity index (χ2n) is 8.31. The molecule has 0 fully saturated rings. The molecule has 0 unspecified atom stereocenters. The number of carbonyl (C=O) groups is 1. The maximum absolute atomic E-state index is 15.0. The van der Waals surface area contributed by atoms with E-state index in [2.05, 4.69) is 0 Å². The van der Waals surface area contributed by atoms with Gasteiger partial charge in [0.15, 0.2) is 0 Å². The molecule has 0 spiro atoms. The number of para-hydroxylation sites is 1. The molecule has 5 rings (SSSR count). The molecule has 0 radical (unpaired) electrons. The van der Waals surface area contributed by atoms with Crippen molar-refractivity contribution < 1.29 is 19.0 Å². The summed E-state index contributed by atoms with van der Waals surface area (Å²) in [5.74, 6) is -0.737. The highest BCUT2D eigenvalue weighted by Gasteiger charge is 2.25. The van der Waals surface area contributed by atoms with Crippen LogP contribution < -0.4 is 4.74 Å². The molecular weight excluding hydrogens is 429 g/mol. The molecule has 0 saturated heterocycles. The lowest BCUT2D eigenvalue weighted by molar-refractivity contribution is 0.0686. The van der Waals surface area contributed by atoms with Crippen LogP contribution in [0, 0.1) is 12.7 Å². The van der Waals surface area contributed by atoms with Crippen LogP contribution >= 0.6 is 0 Å². The van der Waals surface area contributed by atoms with E-state index in [0.717, 1.165) is 27.6 Å². The van der Waals surface area contributed by atoms with Gasteiger partial charge in [0.1, 0.15) is 17.3 Å². The van der Waals surface area contributed by atoms with Crippen molar-refractivity contribution in [3.05, 3.63) is 102 Å². The number of aryl methyl sites for hydroxylation is 2. The molecule has 0 aliphatic rings. The van der Waals surface area contributed by atoms with Gasteiger partial charge in [0, 0.05) is 22.9 Å². The Labute approximate surface area is 196 Å². The van der Waals surface area contributed by atoms with Crippen LogP contribution in [0.25, 0.3) is 32.8 Å². The molecule has 0 atom stereocenters. The molecule has 5 heteroatoms. The third-order valence-corrected chi connectivity index (χ3v) is 6.18. The van der Waals surface area contributed by atoms with Gasteiger partial charge in [0.25, 0.3) is 0 Å². The summed E-state index contributed by atoms with van der Waals surface area (Å²) in [5.41, 5.74) is 2.69. The fourth-order valence-electron chi connectivity index (χ4n) is 4.66. The molecule has 0 bridgehead atoms. The van der Waals surface area contributed by atoms with Crippen molar-refractivity contribution in [1.82, 2.24) is 4.57 Å². The highest BCUT2D eigenvalue weighted by Crippen LogP contribution is 2.38. The number of ether oxygens (including phenoxy) is 1. The minimum atomic E-state index is -1.08. The summed E-state index contributed by atoms with van der Waals surface area (Å²) in [6.45, 7) is 2.62. The molecule has 0 saturated carbocycles. The topological polar surface area (TPSA) is 51.5 Å². The summed E-state index contributed by atoms with van der Waals surface area (Å²) < 4.78 is 22.6. The Morgan fingerprint density at radius 2 is 1.62 bits per heavy atom. The molecule has 0 amide bonds. The number of nitrogens with zero attached hydrogens (tertiary/aromatic N) is 1. The van der Waals surface area contributed by atoms with Gasteiger partial charge in [0.2, 0.25) is 0 Å². The third kappa shape index (κ3) is 3.79. The smallest absolute Gasteiger partial charge is 0.353 e. The lowest BCUT2D eigenvalue weighted by Crippen LogP contribution is -2.12. The second kappa shape index (κ2) is 9.02. The van der Waals surface area contributed by atoms with Crippen molar-refractivity contribution in [3.63, 3.8) is 0 Å². The monoisotopic (exact) mass is 453 g/mol. The highest BCUT2D eigenvalue weighted by molar-refractivity contribution is 6.08. The average molecular weight is 454 g/mol. The molecular formula is C29H24FNO3. The first-order chi connectivity index (χ1) is 16.6. The minimum Gasteiger partial charge on any atom is -0.493 e. The van der Waals surface area contributed by atoms with Gasteiger partial charge in [-0.1, -0.05) is 72.8 Å². The number of hydrogen-bond donors (Lipinski definition) is 1. The fraction of sp³-hybridized carbons (Fsp3) is 0.138. The van der Waals surface area contributed by atoms with Gasteiger partial charge >= 0.3 is 5.97 Å². The van der Waals surface area contributed by atoms with Crippen LogP contribution in [0.1, 0.15) is 22.5 Å². The number of carboxylic acids is 1. The standard InChI is InChI=1S/C29H24FNO3/c1-19-9-2-4-12-21(19)26-23-14-7-15-24(30)27(23)31(28(26)29(32)33)17-8-18-34-25-16-6-11-20-10-3-5-13-22(20)25/h2-7,9-16H,8,17-18H2,1H3,(H,32,33). The molecule has 1 N–H and O–H groups in total. The zero-order chi connectivity index (χ0) is 23.7. The lowest BCUT2D eigenvalue weighted by atomic mass is 9.97. The Kier molecular flexibility index (Phi) is 5.76. The van der Waals surface area contributed by atoms with Gasteiger partial charge in [-0.2, -0.15) is 0 Å². The second-order valence-corrected chi connectivity index (χ2v) is 8.31. The number of hydrogen-bond acceptors (Lipinski definition) is 2. The number of halogens is 1. The average Bonchev–Trinajstić information content (AvgIpc) is 3.18. The van der Waals surface area contributed by atoms with Crippen molar-refractivity contribution in [3.8, 4) is 16.9 Å². The summed E-state index contributed by atoms with van der Waals surface area (Å²) in [5, 5.41) is 12.9. The van der Waals surface area contributed by atoms with E-state index >= 15 is 4.39 Å². The first-order valence-electron chi connectivity index (χ1n) is 11.3. The van der Waals surface area contributed by atoms with Crippen molar-refractivity contribution in [2.24, 2.45) is 0 Å². The van der Waals surface area contributed by atoms with Crippen molar-refractivity contribution in [2.75, 3.05) is 6.61 Å². The maximum atomic E-state index is 15.0. The number of benzene rings is 4. The molecule has 5 aromatic rings. The van der Waals surface area contributed by atoms with Crippen LogP contribution in [0.4, 0.5) is 4.39 Å². The lowest BCUT2D eigenvalue weighted by Gasteiger charge is -2.12. The van der Waals surface area contributed by atoms with E-state index in [9.17, 15) is 9.90 Å². The quantitative estimate of drug-likeness (QED) is 0.268. The maximum Gasteiger partial charge on any atom is 0.353 e. The Balaban J connectivity index is 1.50. The predicted molar refractivity (Wildman–Crippen MR) is 133 cm³/mol. The number of aromatic carboxylic acids is 1. The molecule has 170 valence electrons. The highest BCUT2D eigenvalue weighted by atomic mass is 19.1. The van der Waals surface area contributed by atoms with Crippen LogP contribution in [0.3, 0.4) is 0 Å². The first-order valence-corrected chi connectivity index (χ1v) is 11.3. The van der Waals surface area contributed by atoms with Gasteiger partial charge in [0.05, 0.1) is 12.1 Å². The van der Waals surface area contributed by atoms with Crippen LogP contribution in [-0.2, 0) is 6.54 Å². The summed E-state index contributed by atoms with van der Waals surface area (Å²) in [4.78, 5) is 12.4. The molecule has 4 nitrogen and oxygen atoms in total. The summed E-state index contributed by atoms with van der Waals surface area (Å²) in [7, 11) is 0. The third-order valence-electron chi connectivity index (χ3n) is 6.18. The Morgan fingerprint density at radius 1 is 0.912 bits per heavy atom. The summed E-state index contributed by atoms with van der Waals surface area (Å²) in [6.07, 6.45) is 0.523. The summed E-state index contributed by atoms with van der Waals surface area (Å²) in [6, 6.07) is 26.3. The number of aromatic nitrogens is 1. The van der Waals surface area contributed by atoms with E-state index in [1.54, 1.807) is 16.7 Å². The summed E-state index contributed by atoms with van der Waals surface area (Å²) >= 11 is 0. The Morgan fingerprint density at radius 3 is 2.44 bits per heavy atom. The zero-order valence-electron chi connectivity index (χ0n) is 18.8. The van der Waals surface area contributed by atoms with Crippen LogP contribution in [-0.4, -0.2) is 22.2 Å². The van der Waals surface area contributed by atoms with E-state index in [0.29, 0.717) is 36.0 Å². The van der Waals surface area contributed by atoms with Crippen LogP contribution in [0.2, 0.25) is 0 Å². The largest absolute Gasteiger partial charge is 0.493 e. The minimum absolute atomic E-state index is 0.0968. The van der Waals surface area contributed by atoms with Gasteiger partial charge in [-0.25, -0.2) is 9.18 Å². The Bertz CT molecular complexity index is 1510. The van der Waals surface area contributed by atoms with Gasteiger partial charge in [-0.05, 0) is 42.0 Å². The van der Waals surface area contributed by atoms with Crippen molar-refractivity contribution >= 4 is 27.6 Å². The van der Waals surface area contributed by atoms with E-state index in [-0.39, 0.29) is 5.69 Å². The van der Waals surface area contributed by atoms with E-state index in [1.165, 1.54) is 6.07 Å². The van der Waals surface area contributed by atoms with Gasteiger partial charge < -0.3 is 14.4 Å². The fourth-order valence-corrected chi connectivity index (χ4v) is 4.66. The van der Waals surface area contributed by atoms with E-state index < -0.39 is 11.8 Å². The SMILES string of the molecule is Cc1ccccc1-c1c(C(=O)O)n(CCCOc2cccc3ccccc23)c2c(F)cccc12. The number of fused-ring (bicyclic) bond motifs is 2. The zero-order valence-corrected chi connectivity index (χ0v) is 18.8. The van der Waals surface area contributed by atoms with Gasteiger partial charge in [-0.3, -0.25) is 0 Å². The normalized spacial score (nSPS) is 11.2. The molecule has 4 aromatic carbocycles. The van der Waals surface area contributed by atoms with Crippen molar-refractivity contribution in [1.29, 1.82) is 0 Å². The Hall–Kier alpha value is -4.12. The molecule has 34 heavy (non-hydrogen) atoms. The van der Waals surface area contributed by atoms with Crippen LogP contribution in [0.15, 0.2) is 84.9 Å². The number of rotatable bonds is 7. The molecule has 1 aromatic heterocycles. The van der Waals surface area contributed by atoms with E-state index in [1.807, 2.05) is 73.7 Å². The van der Waals surface area contributed by atoms with E-state index in [4.69, 9.17) is 4.74 Å². The molecule has 0 aliphatic heterocycles. The van der Waals surface area contributed by atoms with Gasteiger partial charge in [-0.15, -0.1) is 0 Å². The van der Waals surface area contributed by atoms with Crippen molar-refractivity contribution in [2.45, 2.75) is 19.9 Å². The number of carboxylic acid groups (broad SMARTS) is 1. The van der Waals surface area contributed by atoms with Crippen LogP contribution in [0.5, 0.6) is 5.75 Å². The first kappa shape index (κ1) is 21.7. The predicted octanol–water partition coefficient (Wildman–Crippen LogP) is 7.08. The molecule has 1 heterocycles. The molecule has 0 aliphatic carbocycles.